The van der Waals surface area contributed by atoms with Gasteiger partial charge in [-0.1, -0.05) is 0 Å². The quantitative estimate of drug-likeness (QED) is 0.725. The van der Waals surface area contributed by atoms with E-state index in [2.05, 4.69) is 4.99 Å². The Morgan fingerprint density at radius 1 is 1.12 bits per heavy atom. The molecular formula is C12H13NO3. The number of benzene rings is 1. The van der Waals surface area contributed by atoms with Gasteiger partial charge in [-0.2, -0.15) is 0 Å². The lowest BCUT2D eigenvalue weighted by atomic mass is 10.1. The molecule has 0 unspecified atom stereocenters. The summed E-state index contributed by atoms with van der Waals surface area (Å²) in [5.41, 5.74) is 0.806. The highest BCUT2D eigenvalue weighted by molar-refractivity contribution is 5.96. The van der Waals surface area contributed by atoms with Crippen LogP contribution in [0, 0.1) is 0 Å². The lowest BCUT2D eigenvalue weighted by Crippen LogP contribution is -2.17. The Morgan fingerprint density at radius 3 is 2.69 bits per heavy atom. The van der Waals surface area contributed by atoms with Crippen LogP contribution in [0.4, 0.5) is 0 Å². The summed E-state index contributed by atoms with van der Waals surface area (Å²) in [5.74, 6) is 2.22. The molecule has 2 aliphatic rings. The van der Waals surface area contributed by atoms with Crippen LogP contribution in [0.15, 0.2) is 23.2 Å². The van der Waals surface area contributed by atoms with Crippen molar-refractivity contribution in [2.75, 3.05) is 13.4 Å². The smallest absolute Gasteiger partial charge is 0.231 e. The number of hydrogen-bond acceptors (Lipinski definition) is 4. The molecule has 0 saturated carbocycles. The Labute approximate surface area is 93.8 Å². The second-order valence-corrected chi connectivity index (χ2v) is 4.59. The van der Waals surface area contributed by atoms with Crippen LogP contribution in [0.1, 0.15) is 19.4 Å². The second kappa shape index (κ2) is 3.14. The Morgan fingerprint density at radius 2 is 1.94 bits per heavy atom. The standard InChI is InChI=1S/C12H13NO3/c1-12(2)6-14-11(13-12)8-3-4-9-10(5-8)16-7-15-9/h3-5H,6-7H2,1-2H3. The van der Waals surface area contributed by atoms with Crippen molar-refractivity contribution in [1.29, 1.82) is 0 Å². The molecule has 4 heteroatoms. The minimum Gasteiger partial charge on any atom is -0.475 e. The van der Waals surface area contributed by atoms with Crippen molar-refractivity contribution < 1.29 is 14.2 Å². The van der Waals surface area contributed by atoms with Crippen LogP contribution in [-0.2, 0) is 4.74 Å². The van der Waals surface area contributed by atoms with Gasteiger partial charge in [0.25, 0.3) is 0 Å². The van der Waals surface area contributed by atoms with Gasteiger partial charge in [0.05, 0.1) is 5.54 Å². The van der Waals surface area contributed by atoms with Gasteiger partial charge in [0, 0.05) is 5.56 Å². The summed E-state index contributed by atoms with van der Waals surface area (Å²) in [6, 6.07) is 5.73. The van der Waals surface area contributed by atoms with E-state index in [4.69, 9.17) is 14.2 Å². The molecule has 3 rings (SSSR count). The Balaban J connectivity index is 1.96. The lowest BCUT2D eigenvalue weighted by molar-refractivity contribution is 0.174. The molecule has 0 N–H and O–H groups in total. The highest BCUT2D eigenvalue weighted by Crippen LogP contribution is 2.33. The highest BCUT2D eigenvalue weighted by Gasteiger charge is 2.27. The number of hydrogen-bond donors (Lipinski definition) is 0. The zero-order valence-corrected chi connectivity index (χ0v) is 9.32. The Kier molecular flexibility index (Phi) is 1.87. The average molecular weight is 219 g/mol. The molecule has 0 amide bonds. The van der Waals surface area contributed by atoms with E-state index in [9.17, 15) is 0 Å². The van der Waals surface area contributed by atoms with E-state index in [1.54, 1.807) is 0 Å². The maximum absolute atomic E-state index is 5.57. The van der Waals surface area contributed by atoms with Crippen molar-refractivity contribution in [1.82, 2.24) is 0 Å². The number of rotatable bonds is 1. The van der Waals surface area contributed by atoms with Crippen LogP contribution in [0.5, 0.6) is 11.5 Å². The van der Waals surface area contributed by atoms with Crippen molar-refractivity contribution in [2.24, 2.45) is 4.99 Å². The molecule has 2 heterocycles. The monoisotopic (exact) mass is 219 g/mol. The van der Waals surface area contributed by atoms with Gasteiger partial charge in [-0.05, 0) is 32.0 Å². The molecule has 0 saturated heterocycles. The van der Waals surface area contributed by atoms with Crippen LogP contribution >= 0.6 is 0 Å². The second-order valence-electron chi connectivity index (χ2n) is 4.59. The summed E-state index contributed by atoms with van der Waals surface area (Å²) < 4.78 is 16.1. The molecule has 0 radical (unpaired) electrons. The lowest BCUT2D eigenvalue weighted by Gasteiger charge is -2.07. The van der Waals surface area contributed by atoms with E-state index >= 15 is 0 Å². The molecule has 0 bridgehead atoms. The minimum atomic E-state index is -0.133. The zero-order valence-electron chi connectivity index (χ0n) is 9.32. The van der Waals surface area contributed by atoms with Gasteiger partial charge >= 0.3 is 0 Å². The molecule has 4 nitrogen and oxygen atoms in total. The van der Waals surface area contributed by atoms with Gasteiger partial charge in [0.1, 0.15) is 6.61 Å². The number of aliphatic imine (C=N–C) groups is 1. The molecule has 2 aliphatic heterocycles. The third kappa shape index (κ3) is 1.50. The first kappa shape index (κ1) is 9.51. The van der Waals surface area contributed by atoms with E-state index in [-0.39, 0.29) is 12.3 Å². The highest BCUT2D eigenvalue weighted by atomic mass is 16.7. The topological polar surface area (TPSA) is 40.0 Å². The molecule has 84 valence electrons. The molecular weight excluding hydrogens is 206 g/mol. The number of fused-ring (bicyclic) bond motifs is 1. The maximum atomic E-state index is 5.57. The van der Waals surface area contributed by atoms with Crippen LogP contribution in [0.25, 0.3) is 0 Å². The first-order valence-corrected chi connectivity index (χ1v) is 5.27. The fraction of sp³-hybridized carbons (Fsp3) is 0.417. The van der Waals surface area contributed by atoms with E-state index in [1.165, 1.54) is 0 Å². The molecule has 0 aromatic heterocycles. The van der Waals surface area contributed by atoms with E-state index < -0.39 is 0 Å². The predicted molar refractivity (Wildman–Crippen MR) is 59.1 cm³/mol. The predicted octanol–water partition coefficient (Wildman–Crippen LogP) is 1.97. The molecule has 0 atom stereocenters. The summed E-state index contributed by atoms with van der Waals surface area (Å²) >= 11 is 0. The van der Waals surface area contributed by atoms with Crippen molar-refractivity contribution in [3.05, 3.63) is 23.8 Å². The fourth-order valence-corrected chi connectivity index (χ4v) is 1.76. The molecule has 0 aliphatic carbocycles. The van der Waals surface area contributed by atoms with Crippen LogP contribution < -0.4 is 9.47 Å². The molecule has 0 fully saturated rings. The van der Waals surface area contributed by atoms with Crippen molar-refractivity contribution in [3.8, 4) is 11.5 Å². The maximum Gasteiger partial charge on any atom is 0.231 e. The van der Waals surface area contributed by atoms with Crippen LogP contribution in [-0.4, -0.2) is 24.8 Å². The van der Waals surface area contributed by atoms with E-state index in [1.807, 2.05) is 32.0 Å². The largest absolute Gasteiger partial charge is 0.475 e. The SMILES string of the molecule is CC1(C)COC(c2ccc3c(c2)OCO3)=N1. The third-order valence-corrected chi connectivity index (χ3v) is 2.59. The van der Waals surface area contributed by atoms with Crippen LogP contribution in [0.3, 0.4) is 0 Å². The first-order valence-electron chi connectivity index (χ1n) is 5.27. The summed E-state index contributed by atoms with van der Waals surface area (Å²) in [4.78, 5) is 4.51. The van der Waals surface area contributed by atoms with Gasteiger partial charge in [0.15, 0.2) is 11.5 Å². The summed E-state index contributed by atoms with van der Waals surface area (Å²) in [6.07, 6.45) is 0. The normalized spacial score (nSPS) is 20.5. The van der Waals surface area contributed by atoms with Gasteiger partial charge in [0.2, 0.25) is 12.7 Å². The van der Waals surface area contributed by atoms with Crippen molar-refractivity contribution in [3.63, 3.8) is 0 Å². The van der Waals surface area contributed by atoms with Crippen molar-refractivity contribution >= 4 is 5.90 Å². The number of ether oxygens (including phenoxy) is 3. The van der Waals surface area contributed by atoms with Gasteiger partial charge in [-0.25, -0.2) is 4.99 Å². The zero-order chi connectivity index (χ0) is 11.2. The molecule has 1 aromatic carbocycles. The van der Waals surface area contributed by atoms with Gasteiger partial charge in [-0.15, -0.1) is 0 Å². The van der Waals surface area contributed by atoms with Gasteiger partial charge < -0.3 is 14.2 Å². The molecule has 1 aromatic rings. The first-order chi connectivity index (χ1) is 7.64. The summed E-state index contributed by atoms with van der Waals surface area (Å²) in [6.45, 7) is 5.01. The van der Waals surface area contributed by atoms with E-state index in [0.29, 0.717) is 12.5 Å². The van der Waals surface area contributed by atoms with Gasteiger partial charge in [-0.3, -0.25) is 0 Å². The summed E-state index contributed by atoms with van der Waals surface area (Å²) in [5, 5.41) is 0. The minimum absolute atomic E-state index is 0.133. The Hall–Kier alpha value is -1.71. The fourth-order valence-electron chi connectivity index (χ4n) is 1.76. The van der Waals surface area contributed by atoms with Crippen molar-refractivity contribution in [2.45, 2.75) is 19.4 Å². The summed E-state index contributed by atoms with van der Waals surface area (Å²) in [7, 11) is 0. The van der Waals surface area contributed by atoms with Crippen LogP contribution in [0.2, 0.25) is 0 Å². The molecule has 16 heavy (non-hydrogen) atoms. The number of nitrogens with zero attached hydrogens (tertiary/aromatic N) is 1. The molecule has 0 spiro atoms. The average Bonchev–Trinajstić information content (AvgIpc) is 2.82. The Bertz CT molecular complexity index is 465. The third-order valence-electron chi connectivity index (χ3n) is 2.59. The van der Waals surface area contributed by atoms with E-state index in [0.717, 1.165) is 17.1 Å².